The van der Waals surface area contributed by atoms with E-state index in [0.717, 1.165) is 19.2 Å². The average Bonchev–Trinajstić information content (AvgIpc) is 3.00. The number of phenols is 2. The largest absolute Gasteiger partial charge is 0.504 e. The summed E-state index contributed by atoms with van der Waals surface area (Å²) in [4.78, 5) is 14.0. The number of aromatic hydroxyl groups is 2. The molecule has 0 saturated carbocycles. The quantitative estimate of drug-likeness (QED) is 0.191. The van der Waals surface area contributed by atoms with Crippen molar-refractivity contribution in [3.05, 3.63) is 59.1 Å². The highest BCUT2D eigenvalue weighted by Crippen LogP contribution is 2.27. The van der Waals surface area contributed by atoms with E-state index in [-0.39, 0.29) is 17.3 Å². The molecular weight excluding hydrogens is 302 g/mol. The number of imidazole rings is 1. The van der Waals surface area contributed by atoms with Crippen molar-refractivity contribution in [3.8, 4) is 11.5 Å². The number of anilines is 1. The van der Waals surface area contributed by atoms with Crippen LogP contribution in [0, 0.1) is 10.1 Å². The van der Waals surface area contributed by atoms with Crippen LogP contribution in [-0.4, -0.2) is 31.2 Å². The molecule has 0 radical (unpaired) electrons. The van der Waals surface area contributed by atoms with Gasteiger partial charge in [-0.15, -0.1) is 0 Å². The molecular formula is C14H17N5O4. The van der Waals surface area contributed by atoms with Gasteiger partial charge in [0.25, 0.3) is 6.20 Å². The molecule has 0 aliphatic carbocycles. The van der Waals surface area contributed by atoms with Crippen molar-refractivity contribution in [2.24, 2.45) is 0 Å². The highest BCUT2D eigenvalue weighted by molar-refractivity contribution is 5.55. The summed E-state index contributed by atoms with van der Waals surface area (Å²) in [6.45, 7) is 1.24. The van der Waals surface area contributed by atoms with E-state index in [1.807, 2.05) is 10.8 Å². The minimum atomic E-state index is -0.578. The number of benzene rings is 1. The van der Waals surface area contributed by atoms with Gasteiger partial charge in [-0.2, -0.15) is 0 Å². The first-order valence-electron chi connectivity index (χ1n) is 6.88. The fourth-order valence-electron chi connectivity index (χ4n) is 1.89. The summed E-state index contributed by atoms with van der Waals surface area (Å²) in [5, 5.41) is 35.1. The molecule has 0 amide bonds. The Morgan fingerprint density at radius 1 is 1.39 bits per heavy atom. The Labute approximate surface area is 132 Å². The van der Waals surface area contributed by atoms with Gasteiger partial charge in [0, 0.05) is 37.2 Å². The Balaban J connectivity index is 1.91. The van der Waals surface area contributed by atoms with Crippen molar-refractivity contribution in [1.29, 1.82) is 0 Å². The Morgan fingerprint density at radius 3 is 2.87 bits per heavy atom. The molecule has 122 valence electrons. The van der Waals surface area contributed by atoms with Gasteiger partial charge in [0.05, 0.1) is 11.3 Å². The van der Waals surface area contributed by atoms with E-state index < -0.39 is 4.92 Å². The standard InChI is InChI=1S/C14H17N5O4/c20-12-3-2-11(8-13(12)21)17-14(9-19(22)23)16-4-1-6-18-7-5-15-10-18/h2-3,5,7-10,16-17,20-21H,1,4,6H2/b14-9+. The minimum Gasteiger partial charge on any atom is -0.504 e. The highest BCUT2D eigenvalue weighted by Gasteiger charge is 2.06. The van der Waals surface area contributed by atoms with Crippen molar-refractivity contribution in [1.82, 2.24) is 14.9 Å². The Kier molecular flexibility index (Phi) is 5.40. The van der Waals surface area contributed by atoms with E-state index in [1.165, 1.54) is 18.2 Å². The van der Waals surface area contributed by atoms with Crippen LogP contribution in [0.25, 0.3) is 0 Å². The second-order valence-corrected chi connectivity index (χ2v) is 4.74. The summed E-state index contributed by atoms with van der Waals surface area (Å²) in [6.07, 6.45) is 6.77. The molecule has 0 fully saturated rings. The molecule has 1 aromatic carbocycles. The van der Waals surface area contributed by atoms with Crippen LogP contribution < -0.4 is 10.6 Å². The number of nitro groups is 1. The first-order chi connectivity index (χ1) is 11.0. The average molecular weight is 319 g/mol. The lowest BCUT2D eigenvalue weighted by Gasteiger charge is -2.12. The molecule has 1 heterocycles. The molecule has 23 heavy (non-hydrogen) atoms. The summed E-state index contributed by atoms with van der Waals surface area (Å²) >= 11 is 0. The zero-order valence-electron chi connectivity index (χ0n) is 12.2. The first kappa shape index (κ1) is 16.1. The SMILES string of the molecule is O=[N+]([O-])/C=C(\NCCCn1ccnc1)Nc1ccc(O)c(O)c1. The van der Waals surface area contributed by atoms with E-state index in [4.69, 9.17) is 0 Å². The summed E-state index contributed by atoms with van der Waals surface area (Å²) in [5.74, 6) is -0.384. The molecule has 9 heteroatoms. The van der Waals surface area contributed by atoms with Crippen molar-refractivity contribution in [2.75, 3.05) is 11.9 Å². The second-order valence-electron chi connectivity index (χ2n) is 4.74. The topological polar surface area (TPSA) is 125 Å². The van der Waals surface area contributed by atoms with Crippen LogP contribution in [0.15, 0.2) is 48.9 Å². The van der Waals surface area contributed by atoms with Gasteiger partial charge in [0.15, 0.2) is 17.3 Å². The lowest BCUT2D eigenvalue weighted by molar-refractivity contribution is -0.403. The fraction of sp³-hybridized carbons (Fsp3) is 0.214. The Hall–Kier alpha value is -3.23. The number of phenolic OH excluding ortho intramolecular Hbond substituents is 2. The Morgan fingerprint density at radius 2 is 2.22 bits per heavy atom. The molecule has 0 bridgehead atoms. The van der Waals surface area contributed by atoms with Crippen LogP contribution in [0.1, 0.15) is 6.42 Å². The fourth-order valence-corrected chi connectivity index (χ4v) is 1.89. The van der Waals surface area contributed by atoms with Gasteiger partial charge >= 0.3 is 0 Å². The van der Waals surface area contributed by atoms with E-state index in [1.54, 1.807) is 12.5 Å². The van der Waals surface area contributed by atoms with Crippen molar-refractivity contribution >= 4 is 5.69 Å². The van der Waals surface area contributed by atoms with Crippen LogP contribution in [0.2, 0.25) is 0 Å². The highest BCUT2D eigenvalue weighted by atomic mass is 16.6. The number of aryl methyl sites for hydroxylation is 1. The molecule has 0 unspecified atom stereocenters. The summed E-state index contributed by atoms with van der Waals surface area (Å²) in [5.41, 5.74) is 0.413. The maximum Gasteiger partial charge on any atom is 0.274 e. The summed E-state index contributed by atoms with van der Waals surface area (Å²) in [6, 6.07) is 4.06. The number of nitrogens with one attached hydrogen (secondary N) is 2. The van der Waals surface area contributed by atoms with E-state index in [0.29, 0.717) is 12.2 Å². The summed E-state index contributed by atoms with van der Waals surface area (Å²) in [7, 11) is 0. The lowest BCUT2D eigenvalue weighted by Crippen LogP contribution is -2.22. The van der Waals surface area contributed by atoms with Crippen molar-refractivity contribution in [3.63, 3.8) is 0 Å². The van der Waals surface area contributed by atoms with Gasteiger partial charge in [-0.3, -0.25) is 10.1 Å². The van der Waals surface area contributed by atoms with Crippen molar-refractivity contribution < 1.29 is 15.1 Å². The molecule has 0 aliphatic rings. The third-order valence-electron chi connectivity index (χ3n) is 2.96. The molecule has 0 atom stereocenters. The zero-order chi connectivity index (χ0) is 16.7. The summed E-state index contributed by atoms with van der Waals surface area (Å²) < 4.78 is 1.91. The van der Waals surface area contributed by atoms with Gasteiger partial charge in [-0.25, -0.2) is 4.98 Å². The smallest absolute Gasteiger partial charge is 0.274 e. The third-order valence-corrected chi connectivity index (χ3v) is 2.96. The maximum atomic E-state index is 10.7. The molecule has 1 aromatic heterocycles. The van der Waals surface area contributed by atoms with Crippen LogP contribution in [-0.2, 0) is 6.54 Å². The van der Waals surface area contributed by atoms with E-state index in [2.05, 4.69) is 15.6 Å². The predicted octanol–water partition coefficient (Wildman–Crippen LogP) is 1.46. The molecule has 9 nitrogen and oxygen atoms in total. The lowest BCUT2D eigenvalue weighted by atomic mass is 10.3. The van der Waals surface area contributed by atoms with Crippen LogP contribution >= 0.6 is 0 Å². The normalized spacial score (nSPS) is 11.2. The van der Waals surface area contributed by atoms with Gasteiger partial charge in [0.2, 0.25) is 0 Å². The van der Waals surface area contributed by atoms with Gasteiger partial charge in [-0.05, 0) is 18.6 Å². The molecule has 2 aromatic rings. The molecule has 0 aliphatic heterocycles. The van der Waals surface area contributed by atoms with E-state index >= 15 is 0 Å². The predicted molar refractivity (Wildman–Crippen MR) is 83.3 cm³/mol. The van der Waals surface area contributed by atoms with Crippen LogP contribution in [0.3, 0.4) is 0 Å². The Bertz CT molecular complexity index is 684. The number of rotatable bonds is 8. The number of hydrogen-bond acceptors (Lipinski definition) is 7. The van der Waals surface area contributed by atoms with Gasteiger partial charge in [-0.1, -0.05) is 0 Å². The number of hydrogen-bond donors (Lipinski definition) is 4. The van der Waals surface area contributed by atoms with Crippen LogP contribution in [0.5, 0.6) is 11.5 Å². The van der Waals surface area contributed by atoms with Crippen molar-refractivity contribution in [2.45, 2.75) is 13.0 Å². The monoisotopic (exact) mass is 319 g/mol. The maximum absolute atomic E-state index is 10.7. The second kappa shape index (κ2) is 7.69. The van der Waals surface area contributed by atoms with Gasteiger partial charge < -0.3 is 25.4 Å². The minimum absolute atomic E-state index is 0.186. The molecule has 0 spiro atoms. The van der Waals surface area contributed by atoms with E-state index in [9.17, 15) is 20.3 Å². The third kappa shape index (κ3) is 5.23. The first-order valence-corrected chi connectivity index (χ1v) is 6.88. The number of nitrogens with zero attached hydrogens (tertiary/aromatic N) is 3. The molecule has 4 N–H and O–H groups in total. The van der Waals surface area contributed by atoms with Gasteiger partial charge in [0.1, 0.15) is 0 Å². The van der Waals surface area contributed by atoms with Crippen LogP contribution in [0.4, 0.5) is 5.69 Å². The molecule has 0 saturated heterocycles. The number of aromatic nitrogens is 2. The zero-order valence-corrected chi connectivity index (χ0v) is 12.2. The molecule has 2 rings (SSSR count).